The summed E-state index contributed by atoms with van der Waals surface area (Å²) in [5.41, 5.74) is -2.11. The lowest BCUT2D eigenvalue weighted by Gasteiger charge is -2.28. The Morgan fingerprint density at radius 2 is 1.07 bits per heavy atom. The Hall–Kier alpha value is -2.46. The molecule has 6 rings (SSSR count). The number of hydrogen-bond donors (Lipinski definition) is 0. The molecular formula is C20H8F8O2. The summed E-state index contributed by atoms with van der Waals surface area (Å²) < 4.78 is 124. The molecule has 156 valence electrons. The fourth-order valence-electron chi connectivity index (χ4n) is 5.26. The van der Waals surface area contributed by atoms with Crippen LogP contribution in [0.5, 0.6) is 0 Å². The molecule has 2 saturated heterocycles. The van der Waals surface area contributed by atoms with Crippen LogP contribution in [-0.4, -0.2) is 6.10 Å². The maximum atomic E-state index is 14.5. The van der Waals surface area contributed by atoms with E-state index in [1.807, 2.05) is 0 Å². The van der Waals surface area contributed by atoms with E-state index < -0.39 is 105 Å². The lowest BCUT2D eigenvalue weighted by atomic mass is 9.72. The summed E-state index contributed by atoms with van der Waals surface area (Å²) in [6, 6.07) is 0. The Morgan fingerprint density at radius 1 is 0.533 bits per heavy atom. The molecule has 2 bridgehead atoms. The highest BCUT2D eigenvalue weighted by Crippen LogP contribution is 2.66. The highest BCUT2D eigenvalue weighted by Gasteiger charge is 2.64. The molecule has 2 fully saturated rings. The predicted octanol–water partition coefficient (Wildman–Crippen LogP) is 5.32. The normalized spacial score (nSPS) is 32.3. The van der Waals surface area contributed by atoms with E-state index in [4.69, 9.17) is 9.47 Å². The van der Waals surface area contributed by atoms with E-state index in [2.05, 4.69) is 0 Å². The van der Waals surface area contributed by atoms with Gasteiger partial charge >= 0.3 is 0 Å². The summed E-state index contributed by atoms with van der Waals surface area (Å²) in [7, 11) is 0. The Kier molecular flexibility index (Phi) is 3.43. The van der Waals surface area contributed by atoms with Gasteiger partial charge in [-0.3, -0.25) is 0 Å². The van der Waals surface area contributed by atoms with Gasteiger partial charge in [0.2, 0.25) is 0 Å². The van der Waals surface area contributed by atoms with Crippen molar-refractivity contribution in [3.05, 3.63) is 74.9 Å². The van der Waals surface area contributed by atoms with E-state index >= 15 is 0 Å². The molecule has 0 spiro atoms. The summed E-state index contributed by atoms with van der Waals surface area (Å²) >= 11 is 0. The third-order valence-electron chi connectivity index (χ3n) is 6.44. The smallest absolute Gasteiger partial charge is 0.198 e. The van der Waals surface area contributed by atoms with Gasteiger partial charge in [0.1, 0.15) is 6.10 Å². The minimum absolute atomic E-state index is 0.488. The molecular weight excluding hydrogens is 424 g/mol. The van der Waals surface area contributed by atoms with Crippen molar-refractivity contribution in [2.75, 3.05) is 0 Å². The van der Waals surface area contributed by atoms with Crippen molar-refractivity contribution in [3.63, 3.8) is 0 Å². The Morgan fingerprint density at radius 3 is 1.70 bits per heavy atom. The molecule has 3 aliphatic heterocycles. The van der Waals surface area contributed by atoms with Crippen LogP contribution in [-0.2, 0) is 9.47 Å². The summed E-state index contributed by atoms with van der Waals surface area (Å²) in [6.07, 6.45) is -2.48. The predicted molar refractivity (Wildman–Crippen MR) is 82.7 cm³/mol. The molecule has 0 saturated carbocycles. The van der Waals surface area contributed by atoms with Crippen LogP contribution in [0.1, 0.15) is 40.6 Å². The van der Waals surface area contributed by atoms with Crippen LogP contribution in [0.15, 0.2) is 6.08 Å². The molecule has 6 atom stereocenters. The fourth-order valence-corrected chi connectivity index (χ4v) is 5.26. The van der Waals surface area contributed by atoms with Crippen molar-refractivity contribution in [2.45, 2.75) is 24.4 Å². The second kappa shape index (κ2) is 5.61. The SMILES string of the molecule is Fc1c(F)c(F)c2c(c1F)C=C[C@@H]1[C@H]3[C@@H](O[C@H]21)[C@H]1O[C@@H]3c2c(F)c(F)c(F)c(F)c21. The Balaban J connectivity index is 1.51. The number of fused-ring (bicyclic) bond motifs is 12. The van der Waals surface area contributed by atoms with Crippen LogP contribution in [0, 0.1) is 58.4 Å². The number of hydrogen-bond acceptors (Lipinski definition) is 2. The zero-order valence-corrected chi connectivity index (χ0v) is 14.5. The van der Waals surface area contributed by atoms with Gasteiger partial charge in [-0.25, -0.2) is 35.1 Å². The highest BCUT2D eigenvalue weighted by atomic mass is 19.2. The summed E-state index contributed by atoms with van der Waals surface area (Å²) in [5.74, 6) is -16.0. The highest BCUT2D eigenvalue weighted by molar-refractivity contribution is 5.60. The lowest BCUT2D eigenvalue weighted by Crippen LogP contribution is -2.28. The molecule has 1 aliphatic carbocycles. The van der Waals surface area contributed by atoms with Gasteiger partial charge in [0.05, 0.1) is 18.3 Å². The number of rotatable bonds is 0. The van der Waals surface area contributed by atoms with Crippen molar-refractivity contribution < 1.29 is 44.6 Å². The number of ether oxygens (including phenoxy) is 2. The zero-order valence-electron chi connectivity index (χ0n) is 14.5. The number of benzene rings is 2. The summed E-state index contributed by atoms with van der Waals surface area (Å²) in [6.45, 7) is 0. The Labute approximate surface area is 162 Å². The van der Waals surface area contributed by atoms with Crippen molar-refractivity contribution >= 4 is 6.08 Å². The molecule has 0 aromatic heterocycles. The standard InChI is InChI=1S/C20H8F8O2/c21-9-3-1-2-4-6-18-7-8(12(24)16(28)15(27)11(7)23)20(30-18)19(6)29-17(4)5(3)10(22)14(26)13(9)25/h1-2,4,6,17-20H/t4-,6-,17+,18+,19-,20+/m1/s1. The first-order valence-corrected chi connectivity index (χ1v) is 8.94. The topological polar surface area (TPSA) is 18.5 Å². The van der Waals surface area contributed by atoms with E-state index in [9.17, 15) is 35.1 Å². The largest absolute Gasteiger partial charge is 0.366 e. The molecule has 10 heteroatoms. The van der Waals surface area contributed by atoms with Gasteiger partial charge in [-0.05, 0) is 0 Å². The fraction of sp³-hybridized carbons (Fsp3) is 0.300. The molecule has 2 aromatic carbocycles. The van der Waals surface area contributed by atoms with Crippen LogP contribution in [0.4, 0.5) is 35.1 Å². The van der Waals surface area contributed by atoms with E-state index in [-0.39, 0.29) is 0 Å². The molecule has 4 aliphatic rings. The summed E-state index contributed by atoms with van der Waals surface area (Å²) in [4.78, 5) is 0. The van der Waals surface area contributed by atoms with Gasteiger partial charge < -0.3 is 9.47 Å². The van der Waals surface area contributed by atoms with Crippen LogP contribution in [0.2, 0.25) is 0 Å². The van der Waals surface area contributed by atoms with E-state index in [0.29, 0.717) is 0 Å². The average Bonchev–Trinajstić information content (AvgIpc) is 3.41. The first-order valence-electron chi connectivity index (χ1n) is 8.94. The van der Waals surface area contributed by atoms with E-state index in [1.54, 1.807) is 0 Å². The van der Waals surface area contributed by atoms with Gasteiger partial charge in [-0.2, -0.15) is 0 Å². The maximum Gasteiger partial charge on any atom is 0.198 e. The van der Waals surface area contributed by atoms with Crippen molar-refractivity contribution in [3.8, 4) is 0 Å². The quantitative estimate of drug-likeness (QED) is 0.319. The molecule has 3 heterocycles. The van der Waals surface area contributed by atoms with E-state index in [1.165, 1.54) is 6.08 Å². The molecule has 0 N–H and O–H groups in total. The van der Waals surface area contributed by atoms with Gasteiger partial charge in [0.25, 0.3) is 0 Å². The first kappa shape index (κ1) is 18.3. The molecule has 0 amide bonds. The van der Waals surface area contributed by atoms with E-state index in [0.717, 1.165) is 6.08 Å². The van der Waals surface area contributed by atoms with Gasteiger partial charge in [-0.15, -0.1) is 0 Å². The minimum Gasteiger partial charge on any atom is -0.366 e. The Bertz CT molecular complexity index is 1190. The second-order valence-corrected chi connectivity index (χ2v) is 7.68. The minimum atomic E-state index is -2.01. The van der Waals surface area contributed by atoms with Crippen molar-refractivity contribution in [1.29, 1.82) is 0 Å². The maximum absolute atomic E-state index is 14.5. The van der Waals surface area contributed by atoms with Gasteiger partial charge in [-0.1, -0.05) is 12.2 Å². The zero-order chi connectivity index (χ0) is 21.2. The number of halogens is 8. The second-order valence-electron chi connectivity index (χ2n) is 7.68. The molecule has 0 unspecified atom stereocenters. The van der Waals surface area contributed by atoms with Gasteiger partial charge in [0.15, 0.2) is 46.5 Å². The van der Waals surface area contributed by atoms with Gasteiger partial charge in [0, 0.05) is 34.1 Å². The lowest BCUT2D eigenvalue weighted by molar-refractivity contribution is -0.0419. The third kappa shape index (κ3) is 1.88. The summed E-state index contributed by atoms with van der Waals surface area (Å²) in [5, 5.41) is 0. The van der Waals surface area contributed by atoms with Crippen LogP contribution in [0.25, 0.3) is 6.08 Å². The van der Waals surface area contributed by atoms with Crippen molar-refractivity contribution in [2.24, 2.45) is 11.8 Å². The monoisotopic (exact) mass is 432 g/mol. The van der Waals surface area contributed by atoms with Crippen LogP contribution >= 0.6 is 0 Å². The molecule has 2 aromatic rings. The molecule has 0 radical (unpaired) electrons. The van der Waals surface area contributed by atoms with Crippen molar-refractivity contribution in [1.82, 2.24) is 0 Å². The molecule has 30 heavy (non-hydrogen) atoms. The first-order chi connectivity index (χ1) is 14.2. The van der Waals surface area contributed by atoms with Crippen LogP contribution < -0.4 is 0 Å². The average molecular weight is 432 g/mol. The molecule has 2 nitrogen and oxygen atoms in total. The third-order valence-corrected chi connectivity index (χ3v) is 6.44. The van der Waals surface area contributed by atoms with Crippen LogP contribution in [0.3, 0.4) is 0 Å².